The summed E-state index contributed by atoms with van der Waals surface area (Å²) in [6.07, 6.45) is 2.10. The fourth-order valence-corrected chi connectivity index (χ4v) is 1.84. The van der Waals surface area contributed by atoms with E-state index in [2.05, 4.69) is 5.32 Å². The zero-order valence-electron chi connectivity index (χ0n) is 8.32. The van der Waals surface area contributed by atoms with Gasteiger partial charge in [-0.1, -0.05) is 0 Å². The Balaban J connectivity index is 2.37. The molecule has 13 heavy (non-hydrogen) atoms. The highest BCUT2D eigenvalue weighted by Crippen LogP contribution is 2.22. The van der Waals surface area contributed by atoms with Gasteiger partial charge in [0.25, 0.3) is 5.92 Å². The average molecular weight is 192 g/mol. The van der Waals surface area contributed by atoms with Crippen molar-refractivity contribution in [3.8, 4) is 0 Å². The SMILES string of the molecule is CNCC(F)(F)CN1CCCC1C. The third-order valence-corrected chi connectivity index (χ3v) is 2.56. The Hall–Kier alpha value is -0.220. The Morgan fingerprint density at radius 3 is 2.69 bits per heavy atom. The highest BCUT2D eigenvalue weighted by molar-refractivity contribution is 4.81. The molecule has 2 nitrogen and oxygen atoms in total. The van der Waals surface area contributed by atoms with Crippen LogP contribution in [0.5, 0.6) is 0 Å². The Morgan fingerprint density at radius 2 is 2.23 bits per heavy atom. The van der Waals surface area contributed by atoms with Crippen molar-refractivity contribution in [2.24, 2.45) is 0 Å². The topological polar surface area (TPSA) is 15.3 Å². The number of hydrogen-bond donors (Lipinski definition) is 1. The molecule has 0 aromatic carbocycles. The van der Waals surface area contributed by atoms with E-state index in [0.29, 0.717) is 6.04 Å². The van der Waals surface area contributed by atoms with Gasteiger partial charge < -0.3 is 5.32 Å². The second-order valence-electron chi connectivity index (χ2n) is 3.85. The number of nitrogens with one attached hydrogen (secondary N) is 1. The molecule has 0 spiro atoms. The minimum absolute atomic E-state index is 0.102. The molecule has 0 aromatic rings. The van der Waals surface area contributed by atoms with E-state index in [1.165, 1.54) is 0 Å². The van der Waals surface area contributed by atoms with E-state index in [1.807, 2.05) is 11.8 Å². The van der Waals surface area contributed by atoms with Crippen molar-refractivity contribution in [1.82, 2.24) is 10.2 Å². The molecule has 4 heteroatoms. The molecule has 0 amide bonds. The molecule has 1 unspecified atom stereocenters. The normalized spacial score (nSPS) is 25.4. The Morgan fingerprint density at radius 1 is 1.54 bits per heavy atom. The second kappa shape index (κ2) is 4.33. The van der Waals surface area contributed by atoms with Crippen LogP contribution in [0.4, 0.5) is 8.78 Å². The molecule has 0 saturated carbocycles. The molecule has 1 aliphatic heterocycles. The lowest BCUT2D eigenvalue weighted by molar-refractivity contribution is -0.0307. The van der Waals surface area contributed by atoms with Crippen molar-refractivity contribution in [3.63, 3.8) is 0 Å². The maximum Gasteiger partial charge on any atom is 0.272 e. The second-order valence-corrected chi connectivity index (χ2v) is 3.85. The first-order chi connectivity index (χ1) is 6.05. The Bertz CT molecular complexity index is 162. The molecule has 1 N–H and O–H groups in total. The van der Waals surface area contributed by atoms with Crippen LogP contribution in [-0.2, 0) is 0 Å². The Kier molecular flexibility index (Phi) is 3.62. The number of halogens is 2. The van der Waals surface area contributed by atoms with Crippen molar-refractivity contribution >= 4 is 0 Å². The highest BCUT2D eigenvalue weighted by atomic mass is 19.3. The maximum atomic E-state index is 13.1. The van der Waals surface area contributed by atoms with Gasteiger partial charge in [0.05, 0.1) is 13.1 Å². The van der Waals surface area contributed by atoms with Crippen LogP contribution in [0.2, 0.25) is 0 Å². The van der Waals surface area contributed by atoms with Crippen LogP contribution >= 0.6 is 0 Å². The standard InChI is InChI=1S/C9H18F2N2/c1-8-4-3-5-13(8)7-9(10,11)6-12-2/h8,12H,3-7H2,1-2H3. The smallest absolute Gasteiger partial charge is 0.272 e. The molecule has 1 rings (SSSR count). The lowest BCUT2D eigenvalue weighted by Gasteiger charge is -2.26. The quantitative estimate of drug-likeness (QED) is 0.722. The van der Waals surface area contributed by atoms with Gasteiger partial charge in [-0.2, -0.15) is 0 Å². The number of likely N-dealkylation sites (tertiary alicyclic amines) is 1. The number of rotatable bonds is 4. The van der Waals surface area contributed by atoms with E-state index >= 15 is 0 Å². The van der Waals surface area contributed by atoms with Gasteiger partial charge in [-0.3, -0.25) is 4.90 Å². The summed E-state index contributed by atoms with van der Waals surface area (Å²) < 4.78 is 26.3. The van der Waals surface area contributed by atoms with Gasteiger partial charge in [0.1, 0.15) is 0 Å². The summed E-state index contributed by atoms with van der Waals surface area (Å²) >= 11 is 0. The van der Waals surface area contributed by atoms with Crippen LogP contribution in [-0.4, -0.2) is 43.5 Å². The van der Waals surface area contributed by atoms with Crippen molar-refractivity contribution in [2.45, 2.75) is 31.7 Å². The van der Waals surface area contributed by atoms with Crippen LogP contribution in [0.25, 0.3) is 0 Å². The van der Waals surface area contributed by atoms with Crippen molar-refractivity contribution < 1.29 is 8.78 Å². The van der Waals surface area contributed by atoms with Gasteiger partial charge in [0, 0.05) is 6.04 Å². The van der Waals surface area contributed by atoms with Gasteiger partial charge in [0.2, 0.25) is 0 Å². The molecular formula is C9H18F2N2. The van der Waals surface area contributed by atoms with E-state index in [4.69, 9.17) is 0 Å². The van der Waals surface area contributed by atoms with E-state index in [-0.39, 0.29) is 13.1 Å². The molecule has 0 aromatic heterocycles. The zero-order valence-corrected chi connectivity index (χ0v) is 8.32. The molecule has 0 aliphatic carbocycles. The van der Waals surface area contributed by atoms with E-state index in [9.17, 15) is 8.78 Å². The minimum Gasteiger partial charge on any atom is -0.314 e. The summed E-state index contributed by atoms with van der Waals surface area (Å²) in [4.78, 5) is 1.87. The fourth-order valence-electron chi connectivity index (χ4n) is 1.84. The van der Waals surface area contributed by atoms with Crippen LogP contribution in [0, 0.1) is 0 Å². The van der Waals surface area contributed by atoms with Crippen molar-refractivity contribution in [3.05, 3.63) is 0 Å². The third-order valence-electron chi connectivity index (χ3n) is 2.56. The van der Waals surface area contributed by atoms with E-state index in [0.717, 1.165) is 19.4 Å². The van der Waals surface area contributed by atoms with Gasteiger partial charge in [-0.05, 0) is 33.4 Å². The third kappa shape index (κ3) is 3.19. The molecule has 1 aliphatic rings. The highest BCUT2D eigenvalue weighted by Gasteiger charge is 2.34. The first-order valence-corrected chi connectivity index (χ1v) is 4.81. The molecular weight excluding hydrogens is 174 g/mol. The van der Waals surface area contributed by atoms with Gasteiger partial charge >= 0.3 is 0 Å². The van der Waals surface area contributed by atoms with E-state index in [1.54, 1.807) is 7.05 Å². The lowest BCUT2D eigenvalue weighted by Crippen LogP contribution is -2.43. The van der Waals surface area contributed by atoms with Gasteiger partial charge in [-0.15, -0.1) is 0 Å². The monoisotopic (exact) mass is 192 g/mol. The molecule has 1 saturated heterocycles. The van der Waals surface area contributed by atoms with Crippen LogP contribution in [0.15, 0.2) is 0 Å². The first kappa shape index (κ1) is 10.9. The molecule has 0 bridgehead atoms. The van der Waals surface area contributed by atoms with Crippen molar-refractivity contribution in [2.75, 3.05) is 26.7 Å². The van der Waals surface area contributed by atoms with Crippen LogP contribution in [0.1, 0.15) is 19.8 Å². The van der Waals surface area contributed by atoms with Crippen LogP contribution < -0.4 is 5.32 Å². The largest absolute Gasteiger partial charge is 0.314 e. The summed E-state index contributed by atoms with van der Waals surface area (Å²) in [5.74, 6) is -2.59. The van der Waals surface area contributed by atoms with Crippen LogP contribution in [0.3, 0.4) is 0 Å². The molecule has 78 valence electrons. The predicted molar refractivity (Wildman–Crippen MR) is 49.1 cm³/mol. The predicted octanol–water partition coefficient (Wildman–Crippen LogP) is 1.33. The zero-order chi connectivity index (χ0) is 9.90. The number of nitrogens with zero attached hydrogens (tertiary/aromatic N) is 1. The fraction of sp³-hybridized carbons (Fsp3) is 1.00. The number of alkyl halides is 2. The average Bonchev–Trinajstić information content (AvgIpc) is 2.35. The summed E-state index contributed by atoms with van der Waals surface area (Å²) in [6.45, 7) is 2.51. The molecule has 1 fully saturated rings. The summed E-state index contributed by atoms with van der Waals surface area (Å²) in [5, 5.41) is 2.52. The maximum absolute atomic E-state index is 13.1. The number of hydrogen-bond acceptors (Lipinski definition) is 2. The lowest BCUT2D eigenvalue weighted by atomic mass is 10.2. The molecule has 1 atom stereocenters. The van der Waals surface area contributed by atoms with Gasteiger partial charge in [-0.25, -0.2) is 8.78 Å². The first-order valence-electron chi connectivity index (χ1n) is 4.81. The molecule has 1 heterocycles. The summed E-state index contributed by atoms with van der Waals surface area (Å²) in [6, 6.07) is 0.322. The van der Waals surface area contributed by atoms with Crippen molar-refractivity contribution in [1.29, 1.82) is 0 Å². The Labute approximate surface area is 78.3 Å². The van der Waals surface area contributed by atoms with Gasteiger partial charge in [0.15, 0.2) is 0 Å². The minimum atomic E-state index is -2.59. The van der Waals surface area contributed by atoms with E-state index < -0.39 is 5.92 Å². The summed E-state index contributed by atoms with van der Waals surface area (Å²) in [7, 11) is 1.56. The molecule has 0 radical (unpaired) electrons. The summed E-state index contributed by atoms with van der Waals surface area (Å²) in [5.41, 5.74) is 0.